The number of H-pyrrole nitrogens is 2. The van der Waals surface area contributed by atoms with Crippen LogP contribution in [0.2, 0.25) is 0 Å². The van der Waals surface area contributed by atoms with E-state index in [4.69, 9.17) is 19.0 Å². The first-order chi connectivity index (χ1) is 15.5. The normalized spacial score (nSPS) is 28.0. The molecule has 22 heteroatoms. The lowest BCUT2D eigenvalue weighted by molar-refractivity contribution is -0.0814. The summed E-state index contributed by atoms with van der Waals surface area (Å²) in [6.07, 6.45) is -7.41. The fourth-order valence-corrected chi connectivity index (χ4v) is 6.48. The van der Waals surface area contributed by atoms with Crippen LogP contribution in [0, 0.1) is 0 Å². The monoisotopic (exact) mass is 552 g/mol. The number of nitrogens with zero attached hydrogens (tertiary/aromatic N) is 2. The molecule has 1 aliphatic heterocycles. The van der Waals surface area contributed by atoms with Crippen molar-refractivity contribution in [2.24, 2.45) is 0 Å². The van der Waals surface area contributed by atoms with Crippen molar-refractivity contribution in [1.29, 1.82) is 0 Å². The molecular formula is C12H19N4O15P3. The van der Waals surface area contributed by atoms with Crippen LogP contribution >= 0.6 is 23.5 Å². The van der Waals surface area contributed by atoms with Crippen molar-refractivity contribution in [1.82, 2.24) is 19.5 Å². The molecule has 3 heterocycles. The molecule has 0 aromatic carbocycles. The van der Waals surface area contributed by atoms with Crippen LogP contribution in [0.25, 0.3) is 11.2 Å². The van der Waals surface area contributed by atoms with Gasteiger partial charge in [-0.3, -0.25) is 23.9 Å². The van der Waals surface area contributed by atoms with Crippen molar-refractivity contribution in [3.05, 3.63) is 27.2 Å². The van der Waals surface area contributed by atoms with Crippen LogP contribution in [0.3, 0.4) is 0 Å². The van der Waals surface area contributed by atoms with Crippen molar-refractivity contribution in [2.75, 3.05) is 0 Å². The molecule has 2 aromatic rings. The van der Waals surface area contributed by atoms with E-state index in [0.29, 0.717) is 0 Å². The largest absolute Gasteiger partial charge is 0.490 e. The molecule has 192 valence electrons. The Morgan fingerprint density at radius 2 is 1.74 bits per heavy atom. The number of hydrogen-bond acceptors (Lipinski definition) is 12. The SMILES string of the molecule is CCC(OP(=O)(O)OP(=O)(O)OP(=O)(O)O)[C@H]1O[C@@H](n2cnc3c(=O)[nH]c(=O)[nH]c32)[C@H](O)[C@@H]1O. The van der Waals surface area contributed by atoms with Gasteiger partial charge >= 0.3 is 29.2 Å². The number of imidazole rings is 1. The number of phosphoric ester groups is 1. The Labute approximate surface area is 187 Å². The molecule has 1 aliphatic rings. The van der Waals surface area contributed by atoms with E-state index in [1.54, 1.807) is 0 Å². The van der Waals surface area contributed by atoms with Gasteiger partial charge < -0.3 is 34.5 Å². The van der Waals surface area contributed by atoms with E-state index in [1.165, 1.54) is 6.92 Å². The van der Waals surface area contributed by atoms with Gasteiger partial charge in [-0.25, -0.2) is 23.5 Å². The Balaban J connectivity index is 1.83. The van der Waals surface area contributed by atoms with Gasteiger partial charge in [-0.15, -0.1) is 0 Å². The summed E-state index contributed by atoms with van der Waals surface area (Å²) >= 11 is 0. The van der Waals surface area contributed by atoms with E-state index >= 15 is 0 Å². The minimum absolute atomic E-state index is 0.174. The average molecular weight is 552 g/mol. The third-order valence-corrected chi connectivity index (χ3v) is 8.33. The van der Waals surface area contributed by atoms with Crippen LogP contribution < -0.4 is 11.2 Å². The topological polar surface area (TPSA) is 293 Å². The van der Waals surface area contributed by atoms with Crippen LogP contribution in [0.4, 0.5) is 0 Å². The van der Waals surface area contributed by atoms with Crippen LogP contribution in [0.15, 0.2) is 15.9 Å². The fraction of sp³-hybridized carbons (Fsp3) is 0.583. The Morgan fingerprint density at radius 1 is 1.09 bits per heavy atom. The maximum Gasteiger partial charge on any atom is 0.490 e. The Morgan fingerprint density at radius 3 is 2.32 bits per heavy atom. The maximum atomic E-state index is 12.1. The molecule has 0 bridgehead atoms. The molecule has 34 heavy (non-hydrogen) atoms. The molecule has 19 nitrogen and oxygen atoms in total. The fourth-order valence-electron chi connectivity index (χ4n) is 3.20. The van der Waals surface area contributed by atoms with Crippen molar-refractivity contribution in [2.45, 2.75) is 44.0 Å². The predicted molar refractivity (Wildman–Crippen MR) is 106 cm³/mol. The number of rotatable bonds is 9. The number of ether oxygens (including phenoxy) is 1. The van der Waals surface area contributed by atoms with Gasteiger partial charge in [0.05, 0.1) is 12.4 Å². The lowest BCUT2D eigenvalue weighted by atomic mass is 10.0. The molecule has 0 amide bonds. The van der Waals surface area contributed by atoms with E-state index in [2.05, 4.69) is 18.6 Å². The van der Waals surface area contributed by atoms with Gasteiger partial charge in [-0.05, 0) is 6.42 Å². The maximum absolute atomic E-state index is 12.1. The number of aliphatic hydroxyl groups is 2. The van der Waals surface area contributed by atoms with E-state index in [0.717, 1.165) is 10.9 Å². The smallest absolute Gasteiger partial charge is 0.387 e. The molecule has 3 rings (SSSR count). The Kier molecular flexibility index (Phi) is 7.54. The average Bonchev–Trinajstić information content (AvgIpc) is 3.19. The zero-order chi connectivity index (χ0) is 25.6. The molecule has 1 fully saturated rings. The molecule has 0 spiro atoms. The van der Waals surface area contributed by atoms with Crippen molar-refractivity contribution in [3.8, 4) is 0 Å². The van der Waals surface area contributed by atoms with Gasteiger partial charge in [0, 0.05) is 0 Å². The standard InChI is InChI=1S/C12H19N4O15P3/c1-2-4(29-33(24,25)31-34(26,27)30-32(21,22)23)8-6(17)7(18)11(28-8)16-3-13-5-9(16)14-12(20)15-10(5)19/h3-4,6-8,11,17-18H,2H2,1H3,(H,24,25)(H,26,27)(H2,21,22,23)(H2,14,15,19,20)/t4?,6-,7+,8+,11+/m0/s1. The summed E-state index contributed by atoms with van der Waals surface area (Å²) in [5.41, 5.74) is -2.15. The van der Waals surface area contributed by atoms with Crippen LogP contribution in [0.5, 0.6) is 0 Å². The summed E-state index contributed by atoms with van der Waals surface area (Å²) in [6.45, 7) is 1.37. The summed E-state index contributed by atoms with van der Waals surface area (Å²) < 4.78 is 52.9. The van der Waals surface area contributed by atoms with Gasteiger partial charge in [0.1, 0.15) is 24.0 Å². The first-order valence-corrected chi connectivity index (χ1v) is 13.6. The molecule has 0 saturated carbocycles. The number of phosphoric acid groups is 3. The van der Waals surface area contributed by atoms with Crippen LogP contribution in [-0.2, 0) is 31.6 Å². The Bertz CT molecular complexity index is 1310. The highest BCUT2D eigenvalue weighted by atomic mass is 31.3. The Hall–Kier alpha value is -1.56. The van der Waals surface area contributed by atoms with Gasteiger partial charge in [0.15, 0.2) is 11.7 Å². The van der Waals surface area contributed by atoms with Gasteiger partial charge in [0.2, 0.25) is 0 Å². The molecule has 0 radical (unpaired) electrons. The second kappa shape index (κ2) is 9.48. The quantitative estimate of drug-likeness (QED) is 0.158. The lowest BCUT2D eigenvalue weighted by Crippen LogP contribution is -2.39. The summed E-state index contributed by atoms with van der Waals surface area (Å²) in [5.74, 6) is 0. The number of aromatic amines is 2. The van der Waals surface area contributed by atoms with Gasteiger partial charge in [-0.2, -0.15) is 8.62 Å². The van der Waals surface area contributed by atoms with Gasteiger partial charge in [0.25, 0.3) is 5.56 Å². The molecule has 8 N–H and O–H groups in total. The molecule has 3 unspecified atom stereocenters. The zero-order valence-corrected chi connectivity index (χ0v) is 19.4. The second-order valence-corrected chi connectivity index (χ2v) is 11.2. The highest BCUT2D eigenvalue weighted by molar-refractivity contribution is 7.66. The van der Waals surface area contributed by atoms with E-state index in [1.807, 2.05) is 4.98 Å². The minimum Gasteiger partial charge on any atom is -0.387 e. The highest BCUT2D eigenvalue weighted by Gasteiger charge is 2.50. The second-order valence-electron chi connectivity index (χ2n) is 6.87. The van der Waals surface area contributed by atoms with E-state index < -0.39 is 65.4 Å². The third-order valence-electron chi connectivity index (χ3n) is 4.47. The van der Waals surface area contributed by atoms with E-state index in [9.17, 15) is 43.3 Å². The summed E-state index contributed by atoms with van der Waals surface area (Å²) in [5, 5.41) is 20.9. The summed E-state index contributed by atoms with van der Waals surface area (Å²) in [6, 6.07) is 0. The molecule has 2 aromatic heterocycles. The van der Waals surface area contributed by atoms with E-state index in [-0.39, 0.29) is 17.6 Å². The van der Waals surface area contributed by atoms with Gasteiger partial charge in [-0.1, -0.05) is 6.92 Å². The molecular weight excluding hydrogens is 533 g/mol. The molecule has 0 aliphatic carbocycles. The predicted octanol–water partition coefficient (Wildman–Crippen LogP) is -1.85. The summed E-state index contributed by atoms with van der Waals surface area (Å²) in [7, 11) is -17.0. The number of aromatic nitrogens is 4. The first kappa shape index (κ1) is 27.0. The number of nitrogens with one attached hydrogen (secondary N) is 2. The highest BCUT2D eigenvalue weighted by Crippen LogP contribution is 2.66. The molecule has 1 saturated heterocycles. The number of hydrogen-bond donors (Lipinski definition) is 8. The third kappa shape index (κ3) is 5.98. The van der Waals surface area contributed by atoms with Crippen LogP contribution in [0.1, 0.15) is 19.6 Å². The number of aliphatic hydroxyl groups excluding tert-OH is 2. The summed E-state index contributed by atoms with van der Waals surface area (Å²) in [4.78, 5) is 67.6. The van der Waals surface area contributed by atoms with Crippen molar-refractivity contribution in [3.63, 3.8) is 0 Å². The zero-order valence-electron chi connectivity index (χ0n) is 16.8. The van der Waals surface area contributed by atoms with Crippen LogP contribution in [-0.4, -0.2) is 73.7 Å². The lowest BCUT2D eigenvalue weighted by Gasteiger charge is -2.26. The first-order valence-electron chi connectivity index (χ1n) is 9.06. The van der Waals surface area contributed by atoms with Crippen molar-refractivity contribution >= 4 is 34.6 Å². The number of fused-ring (bicyclic) bond motifs is 1. The molecule has 7 atom stereocenters. The van der Waals surface area contributed by atoms with Crippen molar-refractivity contribution < 1.29 is 61.4 Å². The minimum atomic E-state index is -5.78.